The summed E-state index contributed by atoms with van der Waals surface area (Å²) in [5.41, 5.74) is 24.8. The van der Waals surface area contributed by atoms with Crippen LogP contribution in [0.1, 0.15) is 69.9 Å². The Labute approximate surface area is 413 Å². The molecule has 1 aliphatic heterocycles. The molecule has 2 aliphatic carbocycles. The van der Waals surface area contributed by atoms with Gasteiger partial charge in [0.2, 0.25) is 0 Å². The largest absolute Gasteiger partial charge is 0.455 e. The molecule has 0 amide bonds. The van der Waals surface area contributed by atoms with Gasteiger partial charge in [0.1, 0.15) is 11.2 Å². The molecule has 0 saturated heterocycles. The predicted octanol–water partition coefficient (Wildman–Crippen LogP) is 19.8. The molecule has 0 N–H and O–H groups in total. The van der Waals surface area contributed by atoms with Crippen molar-refractivity contribution in [2.45, 2.75) is 55.4 Å². The average Bonchev–Trinajstić information content (AvgIpc) is 3.68. The molecule has 0 fully saturated rings. The molecule has 0 radical (unpaired) electrons. The van der Waals surface area contributed by atoms with Gasteiger partial charge in [-0.05, 0) is 121 Å². The molecule has 1 unspecified atom stereocenters. The van der Waals surface area contributed by atoms with E-state index < -0.39 is 0 Å². The quantitative estimate of drug-likeness (QED) is 0.126. The van der Waals surface area contributed by atoms with Gasteiger partial charge in [-0.15, -0.1) is 0 Å². The van der Waals surface area contributed by atoms with Crippen LogP contribution >= 0.6 is 0 Å². The van der Waals surface area contributed by atoms with Crippen molar-refractivity contribution < 1.29 is 4.42 Å². The standard InChI is InChI=1S/C63H43NO.2C2H6.CH4/c1-39-36-43-18-6-7-19-44(43)38-57(39)56-29-15-28-55-54-27-14-26-53(62(54)65-63(55)56)48-34-35-58-59(40(48)2)45-20-8-9-21-47(37-45)64(58)46-32-30-42(31-33-46)61-51-24-12-10-22-49(51)60(41-16-4-3-5-17-41)50-23-11-13-25-52(50)61;2*1-2;/h3-35,38-39H,36H2,1-2H3;2*1-2H3;1H4. The monoisotopic (exact) mass is 905 g/mol. The predicted molar refractivity (Wildman–Crippen MR) is 304 cm³/mol. The fourth-order valence-electron chi connectivity index (χ4n) is 11.1. The summed E-state index contributed by atoms with van der Waals surface area (Å²) < 4.78 is 7.08. The number of hydrogen-bond acceptors (Lipinski definition) is 2. The number of nitrogens with zero attached hydrogens (tertiary/aromatic N) is 1. The fourth-order valence-corrected chi connectivity index (χ4v) is 11.1. The third kappa shape index (κ3) is 7.44. The van der Waals surface area contributed by atoms with Gasteiger partial charge in [-0.25, -0.2) is 0 Å². The molecule has 3 aliphatic rings. The SMILES string of the molecule is C.CC.CC.Cc1c(-c2cccc3c2oc2c(C4=Cc5ccccc5CC4C)cccc23)ccc2c1C1=C=C(C=CC=C1)N2c1ccc(-c2c3ccccc3c(-c3ccccc3)c3ccccc23)cc1. The molecule has 0 saturated carbocycles. The second kappa shape index (κ2) is 19.1. The number of allylic oxidation sites excluding steroid dienone is 5. The first kappa shape index (κ1) is 45.6. The van der Waals surface area contributed by atoms with Crippen LogP contribution in [-0.2, 0) is 6.42 Å². The summed E-state index contributed by atoms with van der Waals surface area (Å²) in [5.74, 6) is 0.379. The van der Waals surface area contributed by atoms with Crippen LogP contribution in [0.15, 0.2) is 216 Å². The number of rotatable bonds is 5. The maximum Gasteiger partial charge on any atom is 0.143 e. The van der Waals surface area contributed by atoms with Gasteiger partial charge < -0.3 is 9.32 Å². The lowest BCUT2D eigenvalue weighted by molar-refractivity contribution is 0.665. The molecule has 1 atom stereocenters. The molecule has 2 bridgehead atoms. The zero-order valence-corrected chi connectivity index (χ0v) is 40.3. The summed E-state index contributed by atoms with van der Waals surface area (Å²) in [7, 11) is 0. The van der Waals surface area contributed by atoms with Gasteiger partial charge in [0.25, 0.3) is 0 Å². The third-order valence-corrected chi connectivity index (χ3v) is 14.0. The van der Waals surface area contributed by atoms with E-state index in [-0.39, 0.29) is 7.43 Å². The van der Waals surface area contributed by atoms with Crippen molar-refractivity contribution in [2.24, 2.45) is 5.92 Å². The van der Waals surface area contributed by atoms with E-state index in [1.165, 1.54) is 77.2 Å². The lowest BCUT2D eigenvalue weighted by atomic mass is 9.81. The zero-order valence-electron chi connectivity index (χ0n) is 40.3. The van der Waals surface area contributed by atoms with Crippen LogP contribution in [-0.4, -0.2) is 0 Å². The van der Waals surface area contributed by atoms with E-state index >= 15 is 0 Å². The van der Waals surface area contributed by atoms with Gasteiger partial charge in [0.15, 0.2) is 0 Å². The van der Waals surface area contributed by atoms with Crippen LogP contribution in [0.3, 0.4) is 0 Å². The topological polar surface area (TPSA) is 16.4 Å². The first-order valence-electron chi connectivity index (χ1n) is 24.7. The van der Waals surface area contributed by atoms with Crippen LogP contribution in [0.2, 0.25) is 0 Å². The lowest BCUT2D eigenvalue weighted by Crippen LogP contribution is -2.19. The Kier molecular flexibility index (Phi) is 12.4. The highest BCUT2D eigenvalue weighted by molar-refractivity contribution is 6.21. The summed E-state index contributed by atoms with van der Waals surface area (Å²) >= 11 is 0. The van der Waals surface area contributed by atoms with Crippen LogP contribution in [0.5, 0.6) is 0 Å². The summed E-state index contributed by atoms with van der Waals surface area (Å²) in [6.45, 7) is 12.6. The lowest BCUT2D eigenvalue weighted by Gasteiger charge is -2.31. The van der Waals surface area contributed by atoms with Gasteiger partial charge in [-0.1, -0.05) is 224 Å². The number of fused-ring (bicyclic) bond motifs is 8. The fraction of sp³-hybridized carbons (Fsp3) is 0.132. The third-order valence-electron chi connectivity index (χ3n) is 14.0. The first-order valence-corrected chi connectivity index (χ1v) is 24.7. The highest BCUT2D eigenvalue weighted by atomic mass is 16.3. The molecule has 9 aromatic carbocycles. The minimum absolute atomic E-state index is 0. The average molecular weight is 906 g/mol. The van der Waals surface area contributed by atoms with E-state index in [1.54, 1.807) is 0 Å². The van der Waals surface area contributed by atoms with Gasteiger partial charge in [0.05, 0.1) is 11.4 Å². The summed E-state index contributed by atoms with van der Waals surface area (Å²) in [6, 6.07) is 64.3. The van der Waals surface area contributed by atoms with E-state index in [4.69, 9.17) is 4.42 Å². The minimum Gasteiger partial charge on any atom is -0.455 e. The molecule has 2 heterocycles. The Bertz CT molecular complexity index is 3740. The van der Waals surface area contributed by atoms with Crippen LogP contribution in [0.25, 0.3) is 94.1 Å². The van der Waals surface area contributed by atoms with Gasteiger partial charge in [-0.3, -0.25) is 0 Å². The summed E-state index contributed by atoms with van der Waals surface area (Å²) in [4.78, 5) is 2.36. The molecule has 2 heteroatoms. The van der Waals surface area contributed by atoms with Crippen molar-refractivity contribution in [1.29, 1.82) is 0 Å². The minimum atomic E-state index is 0. The number of benzene rings is 9. The normalized spacial score (nSPS) is 14.3. The second-order valence-corrected chi connectivity index (χ2v) is 17.7. The second-order valence-electron chi connectivity index (χ2n) is 17.7. The summed E-state index contributed by atoms with van der Waals surface area (Å²) in [6.07, 6.45) is 12.0. The van der Waals surface area contributed by atoms with Crippen molar-refractivity contribution in [1.82, 2.24) is 0 Å². The van der Waals surface area contributed by atoms with Crippen LogP contribution in [0.4, 0.5) is 11.4 Å². The molecule has 70 heavy (non-hydrogen) atoms. The molecule has 1 aromatic heterocycles. The molecule has 13 rings (SSSR count). The van der Waals surface area contributed by atoms with E-state index in [1.807, 2.05) is 27.7 Å². The highest BCUT2D eigenvalue weighted by Crippen LogP contribution is 2.49. The maximum absolute atomic E-state index is 7.08. The maximum atomic E-state index is 7.08. The van der Waals surface area contributed by atoms with E-state index in [0.717, 1.165) is 62.1 Å². The van der Waals surface area contributed by atoms with Crippen molar-refractivity contribution in [3.63, 3.8) is 0 Å². The number of furan rings is 1. The van der Waals surface area contributed by atoms with Crippen molar-refractivity contribution in [2.75, 3.05) is 4.90 Å². The van der Waals surface area contributed by atoms with Crippen molar-refractivity contribution >= 4 is 72.1 Å². The Balaban J connectivity index is 0.00000111. The van der Waals surface area contributed by atoms with Gasteiger partial charge in [0, 0.05) is 38.7 Å². The first-order chi connectivity index (χ1) is 34.1. The molecular formula is C68H59NO. The molecule has 0 spiro atoms. The Morgan fingerprint density at radius 3 is 1.70 bits per heavy atom. The molecule has 2 nitrogen and oxygen atoms in total. The van der Waals surface area contributed by atoms with Gasteiger partial charge >= 0.3 is 0 Å². The number of para-hydroxylation sites is 2. The van der Waals surface area contributed by atoms with E-state index in [9.17, 15) is 0 Å². The van der Waals surface area contributed by atoms with E-state index in [0.29, 0.717) is 5.92 Å². The zero-order chi connectivity index (χ0) is 47.2. The number of hydrogen-bond donors (Lipinski definition) is 0. The molecule has 10 aromatic rings. The molecule has 342 valence electrons. The van der Waals surface area contributed by atoms with Crippen molar-refractivity contribution in [3.8, 4) is 33.4 Å². The molecular weight excluding hydrogens is 847 g/mol. The van der Waals surface area contributed by atoms with Crippen molar-refractivity contribution in [3.05, 3.63) is 239 Å². The summed E-state index contributed by atoms with van der Waals surface area (Å²) in [5, 5.41) is 7.30. The highest BCUT2D eigenvalue weighted by Gasteiger charge is 2.28. The number of anilines is 2. The Hall–Kier alpha value is -8.16. The Morgan fingerprint density at radius 1 is 0.500 bits per heavy atom. The Morgan fingerprint density at radius 2 is 1.04 bits per heavy atom. The smallest absolute Gasteiger partial charge is 0.143 e. The van der Waals surface area contributed by atoms with Crippen LogP contribution < -0.4 is 4.90 Å². The van der Waals surface area contributed by atoms with E-state index in [2.05, 4.69) is 231 Å². The van der Waals surface area contributed by atoms with Gasteiger partial charge in [-0.2, -0.15) is 0 Å². The van der Waals surface area contributed by atoms with Crippen LogP contribution in [0, 0.1) is 12.8 Å².